The molecule has 0 unspecified atom stereocenters. The van der Waals surface area contributed by atoms with Crippen molar-refractivity contribution in [3.63, 3.8) is 0 Å². The molecule has 1 aromatic carbocycles. The lowest BCUT2D eigenvalue weighted by molar-refractivity contribution is -0.384. The molecular weight excluding hydrogens is 236 g/mol. The van der Waals surface area contributed by atoms with Gasteiger partial charge in [-0.2, -0.15) is 0 Å². The maximum absolute atomic E-state index is 10.7. The normalized spacial score (nSPS) is 10.4. The first kappa shape index (κ1) is 12.2. The van der Waals surface area contributed by atoms with Crippen LogP contribution in [0.5, 0.6) is 0 Å². The third-order valence-corrected chi connectivity index (χ3v) is 2.02. The second-order valence-electron chi connectivity index (χ2n) is 2.78. The molecule has 84 valence electrons. The molecule has 6 nitrogen and oxygen atoms in total. The van der Waals surface area contributed by atoms with Crippen molar-refractivity contribution < 1.29 is 14.9 Å². The minimum atomic E-state index is -0.724. The van der Waals surface area contributed by atoms with Crippen molar-refractivity contribution in [3.8, 4) is 0 Å². The Balaban J connectivity index is 2.99. The topological polar surface area (TPSA) is 92.5 Å². The third kappa shape index (κ3) is 3.04. The molecule has 0 aliphatic rings. The van der Waals surface area contributed by atoms with E-state index < -0.39 is 10.8 Å². The number of rotatable bonds is 3. The Morgan fingerprint density at radius 3 is 2.81 bits per heavy atom. The number of nitrogens with one attached hydrogen (secondary N) is 1. The number of nitrogens with zero attached hydrogens (tertiary/aromatic N) is 1. The quantitative estimate of drug-likeness (QED) is 0.366. The minimum absolute atomic E-state index is 0.0220. The van der Waals surface area contributed by atoms with Crippen LogP contribution >= 0.6 is 11.6 Å². The van der Waals surface area contributed by atoms with Crippen LogP contribution in [0.15, 0.2) is 24.3 Å². The maximum atomic E-state index is 10.7. The molecule has 2 N–H and O–H groups in total. The molecule has 0 saturated heterocycles. The van der Waals surface area contributed by atoms with Gasteiger partial charge in [-0.3, -0.25) is 20.1 Å². The molecule has 1 aromatic rings. The lowest BCUT2D eigenvalue weighted by Gasteiger charge is -1.97. The zero-order chi connectivity index (χ0) is 12.1. The van der Waals surface area contributed by atoms with Gasteiger partial charge in [-0.05, 0) is 17.7 Å². The summed E-state index contributed by atoms with van der Waals surface area (Å²) in [6, 6.07) is 4.09. The van der Waals surface area contributed by atoms with Gasteiger partial charge in [0.15, 0.2) is 0 Å². The number of hydrogen-bond acceptors (Lipinski definition) is 4. The van der Waals surface area contributed by atoms with E-state index in [0.29, 0.717) is 5.56 Å². The molecule has 0 aliphatic heterocycles. The standard InChI is InChI=1S/C9H7ClN2O4/c10-7-3-1-6(2-4-9(13)11-14)5-8(7)12(15)16/h1-5,14H,(H,11,13)/b4-2+. The Morgan fingerprint density at radius 1 is 1.56 bits per heavy atom. The highest BCUT2D eigenvalue weighted by Crippen LogP contribution is 2.25. The number of carbonyl (C=O) groups excluding carboxylic acids is 1. The molecule has 0 radical (unpaired) electrons. The van der Waals surface area contributed by atoms with Gasteiger partial charge >= 0.3 is 0 Å². The van der Waals surface area contributed by atoms with E-state index in [-0.39, 0.29) is 10.7 Å². The first-order valence-electron chi connectivity index (χ1n) is 4.10. The summed E-state index contributed by atoms with van der Waals surface area (Å²) in [6.45, 7) is 0. The zero-order valence-corrected chi connectivity index (χ0v) is 8.64. The molecule has 0 spiro atoms. The Hall–Kier alpha value is -1.92. The number of halogens is 1. The molecule has 0 saturated carbocycles. The number of nitro groups is 1. The molecule has 1 rings (SSSR count). The molecule has 0 aliphatic carbocycles. The van der Waals surface area contributed by atoms with E-state index in [1.807, 2.05) is 0 Å². The smallest absolute Gasteiger partial charge is 0.288 e. The van der Waals surface area contributed by atoms with Crippen molar-refractivity contribution in [1.82, 2.24) is 5.48 Å². The summed E-state index contributed by atoms with van der Waals surface area (Å²) in [6.07, 6.45) is 2.35. The highest BCUT2D eigenvalue weighted by atomic mass is 35.5. The zero-order valence-electron chi connectivity index (χ0n) is 7.88. The monoisotopic (exact) mass is 242 g/mol. The molecule has 0 heterocycles. The summed E-state index contributed by atoms with van der Waals surface area (Å²) < 4.78 is 0. The average molecular weight is 243 g/mol. The van der Waals surface area contributed by atoms with Crippen molar-refractivity contribution in [2.24, 2.45) is 0 Å². The van der Waals surface area contributed by atoms with Crippen LogP contribution in [0.2, 0.25) is 5.02 Å². The molecule has 0 atom stereocenters. The lowest BCUT2D eigenvalue weighted by Crippen LogP contribution is -2.14. The minimum Gasteiger partial charge on any atom is -0.288 e. The van der Waals surface area contributed by atoms with E-state index in [0.717, 1.165) is 6.08 Å². The van der Waals surface area contributed by atoms with Crippen LogP contribution in [0.1, 0.15) is 5.56 Å². The summed E-state index contributed by atoms with van der Waals surface area (Å²) in [5.41, 5.74) is 1.59. The third-order valence-electron chi connectivity index (χ3n) is 1.70. The van der Waals surface area contributed by atoms with Crippen molar-refractivity contribution in [2.75, 3.05) is 0 Å². The summed E-state index contributed by atoms with van der Waals surface area (Å²) >= 11 is 5.60. The van der Waals surface area contributed by atoms with E-state index >= 15 is 0 Å². The van der Waals surface area contributed by atoms with Gasteiger partial charge in [0.1, 0.15) is 5.02 Å². The first-order valence-corrected chi connectivity index (χ1v) is 4.48. The van der Waals surface area contributed by atoms with Gasteiger partial charge in [0.25, 0.3) is 11.6 Å². The number of amides is 1. The van der Waals surface area contributed by atoms with Gasteiger partial charge < -0.3 is 0 Å². The SMILES string of the molecule is O=C(/C=C/c1ccc(Cl)c([N+](=O)[O-])c1)NO. The Morgan fingerprint density at radius 2 is 2.25 bits per heavy atom. The molecule has 0 aromatic heterocycles. The highest BCUT2D eigenvalue weighted by molar-refractivity contribution is 6.32. The largest absolute Gasteiger partial charge is 0.288 e. The number of benzene rings is 1. The van der Waals surface area contributed by atoms with E-state index in [4.69, 9.17) is 16.8 Å². The number of nitro benzene ring substituents is 1. The predicted molar refractivity (Wildman–Crippen MR) is 57.1 cm³/mol. The predicted octanol–water partition coefficient (Wildman–Crippen LogP) is 1.77. The van der Waals surface area contributed by atoms with Gasteiger partial charge in [-0.1, -0.05) is 17.7 Å². The van der Waals surface area contributed by atoms with E-state index in [1.54, 1.807) is 0 Å². The van der Waals surface area contributed by atoms with E-state index in [9.17, 15) is 14.9 Å². The fourth-order valence-corrected chi connectivity index (χ4v) is 1.17. The summed E-state index contributed by atoms with van der Waals surface area (Å²) in [5.74, 6) is -0.724. The molecule has 16 heavy (non-hydrogen) atoms. The van der Waals surface area contributed by atoms with Crippen LogP contribution in [0, 0.1) is 10.1 Å². The van der Waals surface area contributed by atoms with Crippen molar-refractivity contribution >= 4 is 29.3 Å². The molecule has 0 fully saturated rings. The van der Waals surface area contributed by atoms with Crippen LogP contribution in [0.3, 0.4) is 0 Å². The Labute approximate surface area is 95.3 Å². The fraction of sp³-hybridized carbons (Fsp3) is 0. The van der Waals surface area contributed by atoms with Crippen molar-refractivity contribution in [3.05, 3.63) is 45.0 Å². The van der Waals surface area contributed by atoms with Gasteiger partial charge in [0, 0.05) is 12.1 Å². The molecule has 1 amide bonds. The van der Waals surface area contributed by atoms with Crippen LogP contribution in [-0.4, -0.2) is 16.0 Å². The fourth-order valence-electron chi connectivity index (χ4n) is 0.982. The number of hydrogen-bond donors (Lipinski definition) is 2. The van der Waals surface area contributed by atoms with Crippen LogP contribution < -0.4 is 5.48 Å². The summed E-state index contributed by atoms with van der Waals surface area (Å²) in [7, 11) is 0. The van der Waals surface area contributed by atoms with Gasteiger partial charge in [0.05, 0.1) is 4.92 Å². The molecule has 0 bridgehead atoms. The second kappa shape index (κ2) is 5.24. The summed E-state index contributed by atoms with van der Waals surface area (Å²) in [4.78, 5) is 20.6. The van der Waals surface area contributed by atoms with Crippen LogP contribution in [-0.2, 0) is 4.79 Å². The van der Waals surface area contributed by atoms with Gasteiger partial charge in [-0.15, -0.1) is 0 Å². The Bertz CT molecular complexity index is 459. The molecular formula is C9H7ClN2O4. The van der Waals surface area contributed by atoms with Gasteiger partial charge in [-0.25, -0.2) is 5.48 Å². The van der Waals surface area contributed by atoms with Crippen LogP contribution in [0.4, 0.5) is 5.69 Å². The van der Waals surface area contributed by atoms with E-state index in [2.05, 4.69) is 0 Å². The first-order chi connectivity index (χ1) is 7.54. The maximum Gasteiger partial charge on any atom is 0.288 e. The number of carbonyl (C=O) groups is 1. The van der Waals surface area contributed by atoms with Crippen LogP contribution in [0.25, 0.3) is 6.08 Å². The average Bonchev–Trinajstić information content (AvgIpc) is 2.27. The number of hydroxylamine groups is 1. The van der Waals surface area contributed by atoms with E-state index in [1.165, 1.54) is 29.8 Å². The lowest BCUT2D eigenvalue weighted by atomic mass is 10.2. The van der Waals surface area contributed by atoms with Gasteiger partial charge in [0.2, 0.25) is 0 Å². The van der Waals surface area contributed by atoms with Crippen molar-refractivity contribution in [2.45, 2.75) is 0 Å². The van der Waals surface area contributed by atoms with Crippen molar-refractivity contribution in [1.29, 1.82) is 0 Å². The Kier molecular flexibility index (Phi) is 3.98. The summed E-state index contributed by atoms with van der Waals surface area (Å²) in [5, 5.41) is 18.8. The second-order valence-corrected chi connectivity index (χ2v) is 3.18. The molecule has 7 heteroatoms. The highest BCUT2D eigenvalue weighted by Gasteiger charge is 2.11.